The van der Waals surface area contributed by atoms with Gasteiger partial charge in [-0.2, -0.15) is 0 Å². The van der Waals surface area contributed by atoms with Crippen molar-refractivity contribution < 1.29 is 4.74 Å². The van der Waals surface area contributed by atoms with E-state index >= 15 is 0 Å². The molecule has 0 saturated carbocycles. The third kappa shape index (κ3) is 3.31. The highest BCUT2D eigenvalue weighted by molar-refractivity contribution is 5.29. The summed E-state index contributed by atoms with van der Waals surface area (Å²) < 4.78 is 5.66. The Kier molecular flexibility index (Phi) is 4.31. The molecule has 0 amide bonds. The Morgan fingerprint density at radius 3 is 2.56 bits per heavy atom. The molecule has 0 bridgehead atoms. The lowest BCUT2D eigenvalue weighted by Crippen LogP contribution is -2.08. The Balaban J connectivity index is 1.94. The van der Waals surface area contributed by atoms with E-state index in [-0.39, 0.29) is 6.04 Å². The van der Waals surface area contributed by atoms with Gasteiger partial charge in [-0.3, -0.25) is 4.98 Å². The number of benzene rings is 1. The van der Waals surface area contributed by atoms with E-state index in [1.54, 1.807) is 6.20 Å². The van der Waals surface area contributed by atoms with E-state index < -0.39 is 0 Å². The minimum atomic E-state index is 0.106. The van der Waals surface area contributed by atoms with E-state index in [1.165, 1.54) is 0 Å². The summed E-state index contributed by atoms with van der Waals surface area (Å²) in [7, 11) is 0. The van der Waals surface area contributed by atoms with E-state index in [2.05, 4.69) is 11.9 Å². The Morgan fingerprint density at radius 1 is 1.17 bits per heavy atom. The van der Waals surface area contributed by atoms with Gasteiger partial charge in [0.25, 0.3) is 0 Å². The molecule has 1 atom stereocenters. The molecule has 0 aliphatic rings. The number of nitrogens with zero attached hydrogens (tertiary/aromatic N) is 1. The maximum atomic E-state index is 5.96. The maximum absolute atomic E-state index is 5.96. The van der Waals surface area contributed by atoms with Crippen molar-refractivity contribution in [1.82, 2.24) is 4.98 Å². The van der Waals surface area contributed by atoms with Crippen LogP contribution in [0.5, 0.6) is 5.75 Å². The first kappa shape index (κ1) is 12.6. The Labute approximate surface area is 108 Å². The fourth-order valence-corrected chi connectivity index (χ4v) is 1.69. The van der Waals surface area contributed by atoms with Gasteiger partial charge >= 0.3 is 0 Å². The molecule has 0 spiro atoms. The summed E-state index contributed by atoms with van der Waals surface area (Å²) in [6.45, 7) is 2.57. The SMILES string of the molecule is CC[C@H](N)c1ccc(OCc2ccccn2)cc1. The number of pyridine rings is 1. The first-order chi connectivity index (χ1) is 8.79. The minimum absolute atomic E-state index is 0.106. The number of nitrogens with two attached hydrogens (primary N) is 1. The average Bonchev–Trinajstić information content (AvgIpc) is 2.46. The number of hydrogen-bond donors (Lipinski definition) is 1. The van der Waals surface area contributed by atoms with Gasteiger partial charge in [-0.25, -0.2) is 0 Å². The molecule has 2 rings (SSSR count). The zero-order valence-corrected chi connectivity index (χ0v) is 10.5. The largest absolute Gasteiger partial charge is 0.487 e. The van der Waals surface area contributed by atoms with Crippen molar-refractivity contribution >= 4 is 0 Å². The van der Waals surface area contributed by atoms with E-state index in [1.807, 2.05) is 42.5 Å². The second-order valence-corrected chi connectivity index (χ2v) is 4.19. The van der Waals surface area contributed by atoms with Gasteiger partial charge in [-0.15, -0.1) is 0 Å². The number of aromatic nitrogens is 1. The van der Waals surface area contributed by atoms with Gasteiger partial charge in [-0.1, -0.05) is 25.1 Å². The third-order valence-electron chi connectivity index (χ3n) is 2.86. The summed E-state index contributed by atoms with van der Waals surface area (Å²) in [5.74, 6) is 0.840. The first-order valence-corrected chi connectivity index (χ1v) is 6.18. The highest BCUT2D eigenvalue weighted by Crippen LogP contribution is 2.18. The van der Waals surface area contributed by atoms with Gasteiger partial charge in [0.2, 0.25) is 0 Å². The average molecular weight is 242 g/mol. The van der Waals surface area contributed by atoms with Crippen molar-refractivity contribution in [1.29, 1.82) is 0 Å². The van der Waals surface area contributed by atoms with E-state index in [9.17, 15) is 0 Å². The van der Waals surface area contributed by atoms with Crippen LogP contribution in [0.3, 0.4) is 0 Å². The lowest BCUT2D eigenvalue weighted by Gasteiger charge is -2.10. The van der Waals surface area contributed by atoms with Gasteiger partial charge in [-0.05, 0) is 36.2 Å². The quantitative estimate of drug-likeness (QED) is 0.876. The molecule has 2 N–H and O–H groups in total. The van der Waals surface area contributed by atoms with E-state index in [4.69, 9.17) is 10.5 Å². The summed E-state index contributed by atoms with van der Waals surface area (Å²) in [6, 6.07) is 13.8. The maximum Gasteiger partial charge on any atom is 0.130 e. The zero-order chi connectivity index (χ0) is 12.8. The predicted molar refractivity (Wildman–Crippen MR) is 72.2 cm³/mol. The van der Waals surface area contributed by atoms with Gasteiger partial charge in [0, 0.05) is 12.2 Å². The molecule has 1 heterocycles. The molecule has 0 aliphatic heterocycles. The van der Waals surface area contributed by atoms with Crippen LogP contribution in [0.2, 0.25) is 0 Å². The number of hydrogen-bond acceptors (Lipinski definition) is 3. The predicted octanol–water partition coefficient (Wildman–Crippen LogP) is 3.07. The minimum Gasteiger partial charge on any atom is -0.487 e. The lowest BCUT2D eigenvalue weighted by molar-refractivity contribution is 0.301. The molecule has 3 nitrogen and oxygen atoms in total. The molecule has 0 radical (unpaired) electrons. The van der Waals surface area contributed by atoms with Crippen LogP contribution in [0.1, 0.15) is 30.6 Å². The molecule has 0 unspecified atom stereocenters. The van der Waals surface area contributed by atoms with Crippen LogP contribution >= 0.6 is 0 Å². The number of rotatable bonds is 5. The fraction of sp³-hybridized carbons (Fsp3) is 0.267. The summed E-state index contributed by atoms with van der Waals surface area (Å²) in [5, 5.41) is 0. The van der Waals surface area contributed by atoms with Crippen molar-refractivity contribution in [2.45, 2.75) is 26.0 Å². The molecule has 18 heavy (non-hydrogen) atoms. The smallest absolute Gasteiger partial charge is 0.130 e. The molecule has 2 aromatic rings. The van der Waals surface area contributed by atoms with Crippen LogP contribution in [0.4, 0.5) is 0 Å². The number of ether oxygens (including phenoxy) is 1. The Bertz CT molecular complexity index is 468. The van der Waals surface area contributed by atoms with Crippen molar-refractivity contribution in [3.05, 3.63) is 59.9 Å². The van der Waals surface area contributed by atoms with E-state index in [0.29, 0.717) is 6.61 Å². The molecule has 0 fully saturated rings. The molecule has 94 valence electrons. The first-order valence-electron chi connectivity index (χ1n) is 6.18. The Hall–Kier alpha value is -1.87. The highest BCUT2D eigenvalue weighted by atomic mass is 16.5. The summed E-state index contributed by atoms with van der Waals surface area (Å²) in [5.41, 5.74) is 8.02. The summed E-state index contributed by atoms with van der Waals surface area (Å²) in [6.07, 6.45) is 2.70. The lowest BCUT2D eigenvalue weighted by atomic mass is 10.1. The second-order valence-electron chi connectivity index (χ2n) is 4.19. The van der Waals surface area contributed by atoms with Crippen molar-refractivity contribution in [2.24, 2.45) is 5.73 Å². The van der Waals surface area contributed by atoms with Crippen molar-refractivity contribution in [2.75, 3.05) is 0 Å². The normalized spacial score (nSPS) is 12.1. The molecular weight excluding hydrogens is 224 g/mol. The van der Waals surface area contributed by atoms with Gasteiger partial charge < -0.3 is 10.5 Å². The van der Waals surface area contributed by atoms with Gasteiger partial charge in [0.1, 0.15) is 12.4 Å². The second kappa shape index (κ2) is 6.17. The fourth-order valence-electron chi connectivity index (χ4n) is 1.69. The molecule has 1 aromatic carbocycles. The van der Waals surface area contributed by atoms with Gasteiger partial charge in [0.15, 0.2) is 0 Å². The molecule has 1 aromatic heterocycles. The van der Waals surface area contributed by atoms with Gasteiger partial charge in [0.05, 0.1) is 5.69 Å². The van der Waals surface area contributed by atoms with Crippen LogP contribution in [0.15, 0.2) is 48.7 Å². The molecular formula is C15H18N2O. The van der Waals surface area contributed by atoms with Crippen molar-refractivity contribution in [3.8, 4) is 5.75 Å². The Morgan fingerprint density at radius 2 is 1.94 bits per heavy atom. The van der Waals surface area contributed by atoms with Crippen LogP contribution < -0.4 is 10.5 Å². The summed E-state index contributed by atoms with van der Waals surface area (Å²) in [4.78, 5) is 4.21. The highest BCUT2D eigenvalue weighted by Gasteiger charge is 2.03. The van der Waals surface area contributed by atoms with E-state index in [0.717, 1.165) is 23.4 Å². The van der Waals surface area contributed by atoms with Crippen LogP contribution in [-0.2, 0) is 6.61 Å². The standard InChI is InChI=1S/C15H18N2O/c1-2-15(16)12-6-8-14(9-7-12)18-11-13-5-3-4-10-17-13/h3-10,15H,2,11,16H2,1H3/t15-/m0/s1. The summed E-state index contributed by atoms with van der Waals surface area (Å²) >= 11 is 0. The zero-order valence-electron chi connectivity index (χ0n) is 10.5. The van der Waals surface area contributed by atoms with Crippen LogP contribution in [0.25, 0.3) is 0 Å². The van der Waals surface area contributed by atoms with Crippen molar-refractivity contribution in [3.63, 3.8) is 0 Å². The molecule has 0 saturated heterocycles. The third-order valence-corrected chi connectivity index (χ3v) is 2.86. The van der Waals surface area contributed by atoms with Crippen LogP contribution in [-0.4, -0.2) is 4.98 Å². The van der Waals surface area contributed by atoms with Crippen LogP contribution in [0, 0.1) is 0 Å². The molecule has 0 aliphatic carbocycles. The molecule has 3 heteroatoms. The topological polar surface area (TPSA) is 48.1 Å². The monoisotopic (exact) mass is 242 g/mol.